The predicted molar refractivity (Wildman–Crippen MR) is 117 cm³/mol. The summed E-state index contributed by atoms with van der Waals surface area (Å²) >= 11 is 13.9. The zero-order chi connectivity index (χ0) is 19.9. The molecule has 0 saturated carbocycles. The Kier molecular flexibility index (Phi) is 7.15. The smallest absolute Gasteiger partial charge is 0.188 e. The van der Waals surface area contributed by atoms with Crippen molar-refractivity contribution in [3.63, 3.8) is 0 Å². The van der Waals surface area contributed by atoms with Crippen molar-refractivity contribution in [2.75, 3.05) is 5.32 Å². The van der Waals surface area contributed by atoms with Crippen LogP contribution in [0.3, 0.4) is 0 Å². The Bertz CT molecular complexity index is 971. The van der Waals surface area contributed by atoms with Gasteiger partial charge in [0, 0.05) is 33.1 Å². The molecular formula is C22H16Cl2FNOS. The Labute approximate surface area is 177 Å². The molecule has 0 bridgehead atoms. The molecule has 0 radical (unpaired) electrons. The highest BCUT2D eigenvalue weighted by molar-refractivity contribution is 8.02. The Hall–Kier alpha value is -2.27. The summed E-state index contributed by atoms with van der Waals surface area (Å²) in [4.78, 5) is 12.6. The van der Waals surface area contributed by atoms with Crippen LogP contribution in [0.15, 0.2) is 83.9 Å². The summed E-state index contributed by atoms with van der Waals surface area (Å²) in [6.45, 7) is 0. The van der Waals surface area contributed by atoms with E-state index in [9.17, 15) is 9.18 Å². The van der Waals surface area contributed by atoms with Crippen molar-refractivity contribution in [2.24, 2.45) is 0 Å². The van der Waals surface area contributed by atoms with Gasteiger partial charge in [0.05, 0.1) is 5.03 Å². The fraction of sp³-hybridized carbons (Fsp3) is 0.0455. The summed E-state index contributed by atoms with van der Waals surface area (Å²) in [6, 6.07) is 20.3. The number of allylic oxidation sites excluding steroid dienone is 1. The maximum atomic E-state index is 13.1. The maximum Gasteiger partial charge on any atom is 0.188 e. The van der Waals surface area contributed by atoms with Gasteiger partial charge in [0.1, 0.15) is 5.82 Å². The van der Waals surface area contributed by atoms with E-state index in [2.05, 4.69) is 5.32 Å². The molecule has 0 atom stereocenters. The number of halogens is 3. The van der Waals surface area contributed by atoms with Gasteiger partial charge in [-0.05, 0) is 54.1 Å². The first-order valence-electron chi connectivity index (χ1n) is 8.42. The number of rotatable bonds is 7. The Morgan fingerprint density at radius 2 is 1.57 bits per heavy atom. The molecule has 0 heterocycles. The second-order valence-electron chi connectivity index (χ2n) is 5.86. The average Bonchev–Trinajstić information content (AvgIpc) is 2.68. The highest BCUT2D eigenvalue weighted by Gasteiger charge is 2.10. The van der Waals surface area contributed by atoms with Crippen LogP contribution in [0.25, 0.3) is 0 Å². The van der Waals surface area contributed by atoms with Crippen LogP contribution in [0.1, 0.15) is 15.9 Å². The van der Waals surface area contributed by atoms with Crippen molar-refractivity contribution in [3.8, 4) is 0 Å². The molecule has 0 aromatic heterocycles. The lowest BCUT2D eigenvalue weighted by Gasteiger charge is -2.12. The van der Waals surface area contributed by atoms with Crippen LogP contribution in [0, 0.1) is 5.82 Å². The van der Waals surface area contributed by atoms with Crippen LogP contribution in [0.4, 0.5) is 10.1 Å². The van der Waals surface area contributed by atoms with E-state index in [0.717, 1.165) is 11.3 Å². The summed E-state index contributed by atoms with van der Waals surface area (Å²) < 4.78 is 13.1. The normalized spacial score (nSPS) is 11.3. The van der Waals surface area contributed by atoms with Crippen molar-refractivity contribution < 1.29 is 9.18 Å². The van der Waals surface area contributed by atoms with E-state index in [1.807, 2.05) is 30.3 Å². The van der Waals surface area contributed by atoms with Crippen molar-refractivity contribution in [3.05, 3.63) is 111 Å². The lowest BCUT2D eigenvalue weighted by atomic mass is 10.1. The summed E-state index contributed by atoms with van der Waals surface area (Å²) in [5.41, 5.74) is 2.05. The molecule has 0 saturated heterocycles. The second kappa shape index (κ2) is 9.78. The Balaban J connectivity index is 1.84. The van der Waals surface area contributed by atoms with E-state index in [-0.39, 0.29) is 11.6 Å². The molecule has 28 heavy (non-hydrogen) atoms. The minimum atomic E-state index is -0.383. The Morgan fingerprint density at radius 1 is 0.929 bits per heavy atom. The van der Waals surface area contributed by atoms with Gasteiger partial charge >= 0.3 is 0 Å². The van der Waals surface area contributed by atoms with Gasteiger partial charge in [-0.25, -0.2) is 4.39 Å². The summed E-state index contributed by atoms with van der Waals surface area (Å²) in [5, 5.41) is 5.03. The predicted octanol–water partition coefficient (Wildman–Crippen LogP) is 7.20. The largest absolute Gasteiger partial charge is 0.350 e. The molecule has 0 unspecified atom stereocenters. The zero-order valence-electron chi connectivity index (χ0n) is 14.7. The average molecular weight is 432 g/mol. The summed E-state index contributed by atoms with van der Waals surface area (Å²) in [7, 11) is 0. The summed E-state index contributed by atoms with van der Waals surface area (Å²) in [5.74, 6) is -0.122. The summed E-state index contributed by atoms with van der Waals surface area (Å²) in [6.07, 6.45) is 1.50. The quantitative estimate of drug-likeness (QED) is 0.316. The molecule has 1 N–H and O–H groups in total. The second-order valence-corrected chi connectivity index (χ2v) is 7.69. The topological polar surface area (TPSA) is 29.1 Å². The molecule has 0 aliphatic heterocycles. The van der Waals surface area contributed by atoms with E-state index >= 15 is 0 Å². The van der Waals surface area contributed by atoms with Crippen LogP contribution in [0.5, 0.6) is 0 Å². The molecule has 6 heteroatoms. The first-order valence-corrected chi connectivity index (χ1v) is 10.2. The number of benzene rings is 3. The van der Waals surface area contributed by atoms with Gasteiger partial charge in [-0.3, -0.25) is 4.79 Å². The third-order valence-corrected chi connectivity index (χ3v) is 5.54. The SMILES string of the molecule is O=C(/C=C(/Nc1ccccc1)SCc1c(Cl)cccc1Cl)c1ccc(F)cc1. The van der Waals surface area contributed by atoms with E-state index in [4.69, 9.17) is 23.2 Å². The lowest BCUT2D eigenvalue weighted by Crippen LogP contribution is -2.02. The van der Waals surface area contributed by atoms with E-state index < -0.39 is 0 Å². The molecule has 0 aliphatic rings. The minimum Gasteiger partial charge on any atom is -0.350 e. The van der Waals surface area contributed by atoms with Gasteiger partial charge in [-0.15, -0.1) is 11.8 Å². The first kappa shape index (κ1) is 20.5. The van der Waals surface area contributed by atoms with Crippen molar-refractivity contribution in [1.82, 2.24) is 0 Å². The van der Waals surface area contributed by atoms with Gasteiger partial charge in [-0.2, -0.15) is 0 Å². The first-order chi connectivity index (χ1) is 13.5. The van der Waals surface area contributed by atoms with Gasteiger partial charge < -0.3 is 5.32 Å². The fourth-order valence-electron chi connectivity index (χ4n) is 2.41. The number of nitrogens with one attached hydrogen (secondary N) is 1. The monoisotopic (exact) mass is 431 g/mol. The number of carbonyl (C=O) groups excluding carboxylic acids is 1. The van der Waals surface area contributed by atoms with E-state index in [1.165, 1.54) is 42.1 Å². The van der Waals surface area contributed by atoms with Crippen molar-refractivity contribution in [2.45, 2.75) is 5.75 Å². The molecule has 0 amide bonds. The van der Waals surface area contributed by atoms with Gasteiger partial charge in [-0.1, -0.05) is 47.5 Å². The van der Waals surface area contributed by atoms with Crippen molar-refractivity contribution in [1.29, 1.82) is 0 Å². The van der Waals surface area contributed by atoms with E-state index in [0.29, 0.717) is 26.4 Å². The van der Waals surface area contributed by atoms with Crippen LogP contribution in [0.2, 0.25) is 10.0 Å². The molecular weight excluding hydrogens is 416 g/mol. The number of ketones is 1. The molecule has 0 fully saturated rings. The lowest BCUT2D eigenvalue weighted by molar-refractivity contribution is 0.104. The number of para-hydroxylation sites is 1. The van der Waals surface area contributed by atoms with Crippen LogP contribution >= 0.6 is 35.0 Å². The van der Waals surface area contributed by atoms with Gasteiger partial charge in [0.2, 0.25) is 0 Å². The van der Waals surface area contributed by atoms with E-state index in [1.54, 1.807) is 18.2 Å². The molecule has 3 aromatic rings. The van der Waals surface area contributed by atoms with Gasteiger partial charge in [0.25, 0.3) is 0 Å². The molecule has 0 aliphatic carbocycles. The third kappa shape index (κ3) is 5.61. The molecule has 142 valence electrons. The number of hydrogen-bond donors (Lipinski definition) is 1. The van der Waals surface area contributed by atoms with Crippen LogP contribution in [-0.4, -0.2) is 5.78 Å². The fourth-order valence-corrected chi connectivity index (χ4v) is 4.10. The number of anilines is 1. The highest BCUT2D eigenvalue weighted by Crippen LogP contribution is 2.31. The number of thioether (sulfide) groups is 1. The molecule has 3 rings (SSSR count). The molecule has 0 spiro atoms. The van der Waals surface area contributed by atoms with Crippen molar-refractivity contribution >= 4 is 46.4 Å². The number of hydrogen-bond acceptors (Lipinski definition) is 3. The van der Waals surface area contributed by atoms with Gasteiger partial charge in [0.15, 0.2) is 5.78 Å². The van der Waals surface area contributed by atoms with Crippen LogP contribution < -0.4 is 5.32 Å². The molecule has 3 aromatic carbocycles. The highest BCUT2D eigenvalue weighted by atomic mass is 35.5. The third-order valence-electron chi connectivity index (χ3n) is 3.87. The minimum absolute atomic E-state index is 0.226. The number of carbonyl (C=O) groups is 1. The zero-order valence-corrected chi connectivity index (χ0v) is 17.0. The molecule has 2 nitrogen and oxygen atoms in total. The van der Waals surface area contributed by atoms with Crippen LogP contribution in [-0.2, 0) is 5.75 Å². The standard InChI is InChI=1S/C22H16Cl2FNOS/c23-19-7-4-8-20(24)18(19)14-28-22(26-17-5-2-1-3-6-17)13-21(27)15-9-11-16(25)12-10-15/h1-13,26H,14H2/b22-13-. The Morgan fingerprint density at radius 3 is 2.21 bits per heavy atom. The maximum absolute atomic E-state index is 13.1.